The van der Waals surface area contributed by atoms with E-state index in [1.54, 1.807) is 4.52 Å². The average molecular weight is 281 g/mol. The summed E-state index contributed by atoms with van der Waals surface area (Å²) >= 11 is 6.15. The molecule has 6 heteroatoms. The van der Waals surface area contributed by atoms with Gasteiger partial charge in [0.15, 0.2) is 16.6 Å². The molecule has 1 atom stereocenters. The van der Waals surface area contributed by atoms with Gasteiger partial charge < -0.3 is 4.74 Å². The van der Waals surface area contributed by atoms with Crippen LogP contribution in [-0.4, -0.2) is 32.5 Å². The molecular formula is C13H17ClN4O. The first-order valence-corrected chi connectivity index (χ1v) is 7.03. The fourth-order valence-corrected chi connectivity index (χ4v) is 2.65. The highest BCUT2D eigenvalue weighted by Gasteiger charge is 2.19. The van der Waals surface area contributed by atoms with Crippen molar-refractivity contribution in [2.75, 3.05) is 6.61 Å². The minimum Gasteiger partial charge on any atom is -0.378 e. The third kappa shape index (κ3) is 2.32. The molecule has 1 fully saturated rings. The molecule has 0 spiro atoms. The van der Waals surface area contributed by atoms with E-state index in [0.717, 1.165) is 48.5 Å². The number of hydrogen-bond acceptors (Lipinski definition) is 4. The van der Waals surface area contributed by atoms with Gasteiger partial charge in [0.05, 0.1) is 6.10 Å². The highest BCUT2D eigenvalue weighted by molar-refractivity contribution is 6.30. The quantitative estimate of drug-likeness (QED) is 0.848. The van der Waals surface area contributed by atoms with Crippen LogP contribution in [0.15, 0.2) is 0 Å². The molecule has 0 aromatic carbocycles. The van der Waals surface area contributed by atoms with Gasteiger partial charge in [-0.2, -0.15) is 9.61 Å². The van der Waals surface area contributed by atoms with E-state index in [2.05, 4.69) is 15.3 Å². The van der Waals surface area contributed by atoms with Crippen molar-refractivity contribution in [3.8, 4) is 0 Å². The minimum absolute atomic E-state index is 0.225. The number of nitrogens with zero attached hydrogens (tertiary/aromatic N) is 4. The Hall–Kier alpha value is -1.20. The van der Waals surface area contributed by atoms with Crippen LogP contribution in [0.25, 0.3) is 5.65 Å². The summed E-state index contributed by atoms with van der Waals surface area (Å²) in [6.07, 6.45) is 4.41. The van der Waals surface area contributed by atoms with Crippen LogP contribution in [-0.2, 0) is 11.2 Å². The molecule has 0 amide bonds. The highest BCUT2D eigenvalue weighted by atomic mass is 35.5. The molecule has 2 aromatic rings. The van der Waals surface area contributed by atoms with E-state index in [-0.39, 0.29) is 6.10 Å². The maximum atomic E-state index is 6.15. The van der Waals surface area contributed by atoms with Crippen molar-refractivity contribution in [1.29, 1.82) is 0 Å². The molecule has 102 valence electrons. The molecule has 0 N–H and O–H groups in total. The first-order valence-electron chi connectivity index (χ1n) is 6.65. The maximum Gasteiger partial charge on any atom is 0.181 e. The predicted octanol–water partition coefficient (Wildman–Crippen LogP) is 2.51. The summed E-state index contributed by atoms with van der Waals surface area (Å²) < 4.78 is 7.50. The summed E-state index contributed by atoms with van der Waals surface area (Å²) in [7, 11) is 0. The molecule has 0 radical (unpaired) electrons. The number of hydrogen-bond donors (Lipinski definition) is 0. The lowest BCUT2D eigenvalue weighted by Gasteiger charge is -2.21. The zero-order valence-corrected chi connectivity index (χ0v) is 11.9. The molecule has 1 unspecified atom stereocenters. The molecule has 0 bridgehead atoms. The zero-order valence-electron chi connectivity index (χ0n) is 11.2. The Morgan fingerprint density at radius 2 is 2.11 bits per heavy atom. The Morgan fingerprint density at radius 1 is 1.26 bits per heavy atom. The number of ether oxygens (including phenoxy) is 1. The van der Waals surface area contributed by atoms with Gasteiger partial charge in [0, 0.05) is 18.6 Å². The smallest absolute Gasteiger partial charge is 0.181 e. The third-order valence-corrected chi connectivity index (χ3v) is 4.14. The summed E-state index contributed by atoms with van der Waals surface area (Å²) in [6, 6.07) is 0. The fourth-order valence-electron chi connectivity index (χ4n) is 2.44. The first kappa shape index (κ1) is 12.8. The maximum absolute atomic E-state index is 6.15. The Bertz CT molecular complexity index is 604. The lowest BCUT2D eigenvalue weighted by molar-refractivity contribution is 0.0153. The third-order valence-electron chi connectivity index (χ3n) is 3.78. The monoisotopic (exact) mass is 280 g/mol. The Balaban J connectivity index is 1.96. The summed E-state index contributed by atoms with van der Waals surface area (Å²) in [4.78, 5) is 0. The van der Waals surface area contributed by atoms with Gasteiger partial charge in [-0.15, -0.1) is 10.2 Å². The molecule has 1 aliphatic heterocycles. The van der Waals surface area contributed by atoms with Crippen LogP contribution in [0.1, 0.15) is 36.2 Å². The van der Waals surface area contributed by atoms with Crippen molar-refractivity contribution >= 4 is 17.2 Å². The van der Waals surface area contributed by atoms with Gasteiger partial charge in [0.2, 0.25) is 0 Å². The van der Waals surface area contributed by atoms with Gasteiger partial charge in [-0.3, -0.25) is 0 Å². The SMILES string of the molecule is Cc1c(Cl)nn2c(CC3CCCCO3)nnc2c1C. The van der Waals surface area contributed by atoms with Crippen LogP contribution >= 0.6 is 11.6 Å². The van der Waals surface area contributed by atoms with Crippen LogP contribution < -0.4 is 0 Å². The van der Waals surface area contributed by atoms with Gasteiger partial charge in [0.1, 0.15) is 0 Å². The largest absolute Gasteiger partial charge is 0.378 e. The van der Waals surface area contributed by atoms with E-state index in [1.165, 1.54) is 6.42 Å². The summed E-state index contributed by atoms with van der Waals surface area (Å²) in [5.74, 6) is 0.826. The molecule has 2 aromatic heterocycles. The molecule has 3 rings (SSSR count). The van der Waals surface area contributed by atoms with Crippen molar-refractivity contribution in [2.24, 2.45) is 0 Å². The Labute approximate surface area is 116 Å². The second kappa shape index (κ2) is 5.06. The van der Waals surface area contributed by atoms with E-state index in [4.69, 9.17) is 16.3 Å². The first-order chi connectivity index (χ1) is 9.16. The average Bonchev–Trinajstić information content (AvgIpc) is 2.81. The van der Waals surface area contributed by atoms with E-state index >= 15 is 0 Å². The molecule has 1 aliphatic rings. The van der Waals surface area contributed by atoms with Gasteiger partial charge in [-0.1, -0.05) is 11.6 Å². The Morgan fingerprint density at radius 3 is 2.84 bits per heavy atom. The van der Waals surface area contributed by atoms with Crippen molar-refractivity contribution in [3.05, 3.63) is 22.1 Å². The fraction of sp³-hybridized carbons (Fsp3) is 0.615. The highest BCUT2D eigenvalue weighted by Crippen LogP contribution is 2.21. The van der Waals surface area contributed by atoms with Crippen LogP contribution in [0.2, 0.25) is 5.15 Å². The lowest BCUT2D eigenvalue weighted by Crippen LogP contribution is -2.22. The number of aryl methyl sites for hydroxylation is 1. The summed E-state index contributed by atoms with van der Waals surface area (Å²) in [5.41, 5.74) is 2.78. The lowest BCUT2D eigenvalue weighted by atomic mass is 10.1. The number of halogens is 1. The molecule has 1 saturated heterocycles. The Kier molecular flexibility index (Phi) is 3.41. The van der Waals surface area contributed by atoms with E-state index in [9.17, 15) is 0 Å². The minimum atomic E-state index is 0.225. The van der Waals surface area contributed by atoms with E-state index in [1.807, 2.05) is 13.8 Å². The van der Waals surface area contributed by atoms with E-state index < -0.39 is 0 Å². The number of aromatic nitrogens is 4. The molecule has 0 aliphatic carbocycles. The normalized spacial score (nSPS) is 20.1. The van der Waals surface area contributed by atoms with E-state index in [0.29, 0.717) is 5.15 Å². The predicted molar refractivity (Wildman–Crippen MR) is 72.6 cm³/mol. The van der Waals surface area contributed by atoms with Gasteiger partial charge in [0.25, 0.3) is 0 Å². The van der Waals surface area contributed by atoms with Crippen molar-refractivity contribution in [3.63, 3.8) is 0 Å². The topological polar surface area (TPSA) is 52.3 Å². The summed E-state index contributed by atoms with van der Waals surface area (Å²) in [6.45, 7) is 4.78. The second-order valence-corrected chi connectivity index (χ2v) is 5.44. The standard InChI is InChI=1S/C13H17ClN4O/c1-8-9(2)13-16-15-11(18(13)17-12(8)14)7-10-5-3-4-6-19-10/h10H,3-7H2,1-2H3. The number of rotatable bonds is 2. The molecule has 5 nitrogen and oxygen atoms in total. The molecule has 3 heterocycles. The van der Waals surface area contributed by atoms with Crippen molar-refractivity contribution in [2.45, 2.75) is 45.6 Å². The second-order valence-electron chi connectivity index (χ2n) is 5.09. The van der Waals surface area contributed by atoms with Crippen molar-refractivity contribution in [1.82, 2.24) is 19.8 Å². The van der Waals surface area contributed by atoms with Crippen LogP contribution in [0.3, 0.4) is 0 Å². The molecule has 19 heavy (non-hydrogen) atoms. The van der Waals surface area contributed by atoms with Crippen LogP contribution in [0.4, 0.5) is 0 Å². The van der Waals surface area contributed by atoms with Gasteiger partial charge in [-0.25, -0.2) is 0 Å². The van der Waals surface area contributed by atoms with Crippen molar-refractivity contribution < 1.29 is 4.74 Å². The molecular weight excluding hydrogens is 264 g/mol. The van der Waals surface area contributed by atoms with Crippen LogP contribution in [0, 0.1) is 13.8 Å². The van der Waals surface area contributed by atoms with Gasteiger partial charge >= 0.3 is 0 Å². The zero-order chi connectivity index (χ0) is 13.4. The van der Waals surface area contributed by atoms with Crippen LogP contribution in [0.5, 0.6) is 0 Å². The number of fused-ring (bicyclic) bond motifs is 1. The molecule has 0 saturated carbocycles. The van der Waals surface area contributed by atoms with Gasteiger partial charge in [-0.05, 0) is 38.7 Å². The summed E-state index contributed by atoms with van der Waals surface area (Å²) in [5, 5.41) is 13.3.